The minimum Gasteiger partial charge on any atom is -0.381 e. The third kappa shape index (κ3) is 4.31. The zero-order valence-corrected chi connectivity index (χ0v) is 19.8. The molecule has 0 spiro atoms. The molecule has 1 aromatic carbocycles. The fraction of sp³-hybridized carbons (Fsp3) is 0.500. The van der Waals surface area contributed by atoms with Crippen molar-refractivity contribution in [1.82, 2.24) is 25.1 Å². The number of anilines is 1. The first kappa shape index (κ1) is 22.2. The second kappa shape index (κ2) is 9.69. The number of rotatable bonds is 7. The van der Waals surface area contributed by atoms with Crippen molar-refractivity contribution in [3.8, 4) is 0 Å². The highest BCUT2D eigenvalue weighted by molar-refractivity contribution is 7.98. The van der Waals surface area contributed by atoms with Crippen LogP contribution in [0.3, 0.4) is 0 Å². The van der Waals surface area contributed by atoms with Crippen LogP contribution in [0.4, 0.5) is 5.82 Å². The van der Waals surface area contributed by atoms with Gasteiger partial charge in [-0.05, 0) is 37.5 Å². The van der Waals surface area contributed by atoms with Gasteiger partial charge in [-0.2, -0.15) is 5.10 Å². The number of nitrogens with zero attached hydrogens (tertiary/aromatic N) is 5. The first-order valence-electron chi connectivity index (χ1n) is 11.7. The van der Waals surface area contributed by atoms with Crippen LogP contribution in [0, 0.1) is 0 Å². The minimum absolute atomic E-state index is 0.0608. The Bertz CT molecular complexity index is 1110. The molecule has 2 aliphatic rings. The molecule has 5 rings (SSSR count). The Morgan fingerprint density at radius 2 is 1.91 bits per heavy atom. The van der Waals surface area contributed by atoms with E-state index in [0.717, 1.165) is 40.7 Å². The second-order valence-corrected chi connectivity index (χ2v) is 9.42. The van der Waals surface area contributed by atoms with E-state index in [1.165, 1.54) is 12.8 Å². The molecule has 2 aliphatic heterocycles. The van der Waals surface area contributed by atoms with E-state index in [1.54, 1.807) is 11.8 Å². The van der Waals surface area contributed by atoms with Gasteiger partial charge in [-0.15, -0.1) is 0 Å². The van der Waals surface area contributed by atoms with E-state index >= 15 is 0 Å². The number of thioether (sulfide) groups is 1. The quantitative estimate of drug-likeness (QED) is 0.423. The van der Waals surface area contributed by atoms with Gasteiger partial charge in [0.1, 0.15) is 5.82 Å². The van der Waals surface area contributed by atoms with Gasteiger partial charge in [-0.25, -0.2) is 14.6 Å². The molecule has 0 bridgehead atoms. The molecule has 2 fully saturated rings. The average molecular weight is 467 g/mol. The van der Waals surface area contributed by atoms with Crippen LogP contribution in [-0.2, 0) is 21.5 Å². The maximum Gasteiger partial charge on any atom is 0.230 e. The van der Waals surface area contributed by atoms with Gasteiger partial charge in [0.25, 0.3) is 0 Å². The lowest BCUT2D eigenvalue weighted by atomic mass is 9.73. The summed E-state index contributed by atoms with van der Waals surface area (Å²) >= 11 is 1.54. The zero-order valence-electron chi connectivity index (χ0n) is 19.0. The second-order valence-electron chi connectivity index (χ2n) is 8.65. The van der Waals surface area contributed by atoms with Crippen molar-refractivity contribution in [2.24, 2.45) is 0 Å². The average Bonchev–Trinajstić information content (AvgIpc) is 3.55. The van der Waals surface area contributed by atoms with Crippen molar-refractivity contribution in [2.75, 3.05) is 44.0 Å². The number of benzene rings is 1. The number of fused-ring (bicyclic) bond motifs is 1. The molecule has 0 saturated carbocycles. The lowest BCUT2D eigenvalue weighted by Gasteiger charge is -2.36. The summed E-state index contributed by atoms with van der Waals surface area (Å²) in [7, 11) is 0. The fourth-order valence-corrected chi connectivity index (χ4v) is 5.27. The SMILES string of the molecule is CSc1nc(N2CCCC2)c2cnn(CCNC(=O)C3(c4ccccc4)CCOCC3)c2n1. The predicted octanol–water partition coefficient (Wildman–Crippen LogP) is 3.01. The topological polar surface area (TPSA) is 85.2 Å². The van der Waals surface area contributed by atoms with Crippen LogP contribution in [0.5, 0.6) is 0 Å². The number of carbonyl (C=O) groups is 1. The molecule has 4 heterocycles. The Kier molecular flexibility index (Phi) is 6.50. The smallest absolute Gasteiger partial charge is 0.230 e. The summed E-state index contributed by atoms with van der Waals surface area (Å²) in [4.78, 5) is 25.2. The van der Waals surface area contributed by atoms with Gasteiger partial charge < -0.3 is 15.0 Å². The molecular formula is C24H30N6O2S. The summed E-state index contributed by atoms with van der Waals surface area (Å²) in [6.45, 7) is 4.28. The van der Waals surface area contributed by atoms with Crippen LogP contribution in [-0.4, -0.2) is 64.8 Å². The molecule has 0 radical (unpaired) electrons. The van der Waals surface area contributed by atoms with Gasteiger partial charge >= 0.3 is 0 Å². The number of hydrogen-bond acceptors (Lipinski definition) is 7. The van der Waals surface area contributed by atoms with Crippen LogP contribution in [0.15, 0.2) is 41.7 Å². The van der Waals surface area contributed by atoms with Crippen LogP contribution < -0.4 is 10.2 Å². The largest absolute Gasteiger partial charge is 0.381 e. The Morgan fingerprint density at radius 3 is 2.64 bits per heavy atom. The molecule has 0 atom stereocenters. The summed E-state index contributed by atoms with van der Waals surface area (Å²) in [5.74, 6) is 1.04. The highest BCUT2D eigenvalue weighted by Crippen LogP contribution is 2.35. The van der Waals surface area contributed by atoms with E-state index in [4.69, 9.17) is 14.7 Å². The number of amides is 1. The van der Waals surface area contributed by atoms with E-state index in [-0.39, 0.29) is 5.91 Å². The van der Waals surface area contributed by atoms with Gasteiger partial charge in [0.2, 0.25) is 5.91 Å². The van der Waals surface area contributed by atoms with Crippen LogP contribution in [0.1, 0.15) is 31.2 Å². The Balaban J connectivity index is 1.33. The van der Waals surface area contributed by atoms with Gasteiger partial charge in [0.05, 0.1) is 23.5 Å². The van der Waals surface area contributed by atoms with Crippen LogP contribution in [0.25, 0.3) is 11.0 Å². The van der Waals surface area contributed by atoms with Crippen molar-refractivity contribution < 1.29 is 9.53 Å². The summed E-state index contributed by atoms with van der Waals surface area (Å²) in [5.41, 5.74) is 1.35. The third-order valence-corrected chi connectivity index (χ3v) is 7.31. The standard InChI is InChI=1S/C24H30N6O2S/c1-33-23-27-20(29-12-5-6-13-29)19-17-26-30(21(19)28-23)14-11-25-22(31)24(9-15-32-16-10-24)18-7-3-2-4-8-18/h2-4,7-8,17H,5-6,9-16H2,1H3,(H,25,31). The van der Waals surface area contributed by atoms with Crippen molar-refractivity contribution in [2.45, 2.75) is 42.8 Å². The van der Waals surface area contributed by atoms with E-state index in [1.807, 2.05) is 47.5 Å². The molecule has 3 aromatic rings. The lowest BCUT2D eigenvalue weighted by Crippen LogP contribution is -2.48. The first-order valence-corrected chi connectivity index (χ1v) is 12.9. The van der Waals surface area contributed by atoms with Gasteiger partial charge in [0.15, 0.2) is 10.8 Å². The Morgan fingerprint density at radius 1 is 1.15 bits per heavy atom. The molecule has 174 valence electrons. The highest BCUT2D eigenvalue weighted by Gasteiger charge is 2.41. The van der Waals surface area contributed by atoms with Gasteiger partial charge in [0, 0.05) is 32.8 Å². The lowest BCUT2D eigenvalue weighted by molar-refractivity contribution is -0.130. The number of ether oxygens (including phenoxy) is 1. The molecule has 0 aliphatic carbocycles. The zero-order chi connectivity index (χ0) is 22.7. The molecule has 1 N–H and O–H groups in total. The first-order chi connectivity index (χ1) is 16.2. The third-order valence-electron chi connectivity index (χ3n) is 6.76. The van der Waals surface area contributed by atoms with Crippen LogP contribution >= 0.6 is 11.8 Å². The summed E-state index contributed by atoms with van der Waals surface area (Å²) in [6.07, 6.45) is 7.61. The van der Waals surface area contributed by atoms with Crippen molar-refractivity contribution >= 4 is 34.5 Å². The fourth-order valence-electron chi connectivity index (χ4n) is 4.91. The van der Waals surface area contributed by atoms with Gasteiger partial charge in [-0.1, -0.05) is 42.1 Å². The monoisotopic (exact) mass is 466 g/mol. The molecule has 2 aromatic heterocycles. The van der Waals surface area contributed by atoms with Crippen molar-refractivity contribution in [3.63, 3.8) is 0 Å². The van der Waals surface area contributed by atoms with Gasteiger partial charge in [-0.3, -0.25) is 4.79 Å². The van der Waals surface area contributed by atoms with Crippen molar-refractivity contribution in [1.29, 1.82) is 0 Å². The Hall–Kier alpha value is -2.65. The van der Waals surface area contributed by atoms with Crippen molar-refractivity contribution in [3.05, 3.63) is 42.1 Å². The molecule has 2 saturated heterocycles. The van der Waals surface area contributed by atoms with E-state index < -0.39 is 5.41 Å². The number of hydrogen-bond donors (Lipinski definition) is 1. The highest BCUT2D eigenvalue weighted by atomic mass is 32.2. The molecule has 9 heteroatoms. The predicted molar refractivity (Wildman–Crippen MR) is 130 cm³/mol. The normalized spacial score (nSPS) is 18.0. The summed E-state index contributed by atoms with van der Waals surface area (Å²) in [5, 5.41) is 9.50. The van der Waals surface area contributed by atoms with Crippen LogP contribution in [0.2, 0.25) is 0 Å². The molecule has 8 nitrogen and oxygen atoms in total. The number of aromatic nitrogens is 4. The van der Waals surface area contributed by atoms with E-state index in [2.05, 4.69) is 15.3 Å². The molecule has 0 unspecified atom stereocenters. The van der Waals surface area contributed by atoms with E-state index in [9.17, 15) is 4.79 Å². The molecule has 1 amide bonds. The van der Waals surface area contributed by atoms with E-state index in [0.29, 0.717) is 39.1 Å². The minimum atomic E-state index is -0.539. The Labute approximate surface area is 198 Å². The molecular weight excluding hydrogens is 436 g/mol. The summed E-state index contributed by atoms with van der Waals surface area (Å²) < 4.78 is 7.45. The summed E-state index contributed by atoms with van der Waals surface area (Å²) in [6, 6.07) is 10.1. The maximum absolute atomic E-state index is 13.4. The molecule has 33 heavy (non-hydrogen) atoms. The number of nitrogens with one attached hydrogen (secondary N) is 1. The number of carbonyl (C=O) groups excluding carboxylic acids is 1. The maximum atomic E-state index is 13.4.